The van der Waals surface area contributed by atoms with E-state index in [4.69, 9.17) is 29.0 Å². The van der Waals surface area contributed by atoms with Crippen LogP contribution in [-0.2, 0) is 45.3 Å². The summed E-state index contributed by atoms with van der Waals surface area (Å²) in [6, 6.07) is 12.7. The normalized spacial score (nSPS) is 15.6. The summed E-state index contributed by atoms with van der Waals surface area (Å²) in [5, 5.41) is 6.08. The number of fused-ring (bicyclic) bond motifs is 1. The first kappa shape index (κ1) is 46.1. The maximum atomic E-state index is 15.7. The van der Waals surface area contributed by atoms with Gasteiger partial charge in [-0.15, -0.1) is 0 Å². The summed E-state index contributed by atoms with van der Waals surface area (Å²) in [5.74, 6) is 0.869. The molecule has 3 heterocycles. The Kier molecular flexibility index (Phi) is 15.9. The molecule has 14 heteroatoms. The third-order valence-electron chi connectivity index (χ3n) is 10.8. The predicted molar refractivity (Wildman–Crippen MR) is 242 cm³/mol. The van der Waals surface area contributed by atoms with Crippen molar-refractivity contribution < 1.29 is 28.1 Å². The molecule has 2 aromatic carbocycles. The van der Waals surface area contributed by atoms with Gasteiger partial charge in [-0.25, -0.2) is 14.1 Å². The molecule has 1 atom stereocenters. The molecular formula is C44H70FN5O5Si3. The number of benzene rings is 2. The molecule has 320 valence electrons. The van der Waals surface area contributed by atoms with E-state index in [1.807, 2.05) is 21.5 Å². The minimum atomic E-state index is -1.31. The second-order valence-electron chi connectivity index (χ2n) is 19.8. The summed E-state index contributed by atoms with van der Waals surface area (Å²) in [7, 11) is -1.75. The Balaban J connectivity index is 1.48. The average molecular weight is 852 g/mol. The van der Waals surface area contributed by atoms with Gasteiger partial charge in [-0.05, 0) is 91.9 Å². The second-order valence-corrected chi connectivity index (χ2v) is 36.7. The first-order chi connectivity index (χ1) is 27.3. The molecule has 0 N–H and O–H groups in total. The molecule has 0 saturated carbocycles. The molecule has 10 nitrogen and oxygen atoms in total. The average Bonchev–Trinajstić information content (AvgIpc) is 3.86. The van der Waals surface area contributed by atoms with Gasteiger partial charge in [-0.3, -0.25) is 4.79 Å². The minimum absolute atomic E-state index is 0.0186. The summed E-state index contributed by atoms with van der Waals surface area (Å²) in [6.07, 6.45) is 4.66. The Bertz CT molecular complexity index is 1980. The van der Waals surface area contributed by atoms with Gasteiger partial charge in [0.25, 0.3) is 0 Å². The lowest BCUT2D eigenvalue weighted by Gasteiger charge is -2.16. The molecule has 2 aromatic heterocycles. The lowest BCUT2D eigenvalue weighted by Crippen LogP contribution is -2.22. The van der Waals surface area contributed by atoms with Gasteiger partial charge in [-0.1, -0.05) is 71.9 Å². The standard InChI is InChI=1S/C44H70FN5O5Si3/c1-12-33-26-42(55-32-54-21-24-58(9,10)11)39(45)27-38(33)34-13-15-37-40(25-34)50(31-53-20-23-57(6,7)8)47-43(37)44-46-36(14-16-41(51)35-17-18-48(2)28-35)29-49(44)30-52-19-22-56(3,4)5/h13,15,25-27,29,35H,12,14,16-24,28,30-32H2,1-11H3. The monoisotopic (exact) mass is 851 g/mol. The van der Waals surface area contributed by atoms with Gasteiger partial charge in [-0.2, -0.15) is 5.10 Å². The molecule has 0 bridgehead atoms. The van der Waals surface area contributed by atoms with Crippen molar-refractivity contribution in [1.82, 2.24) is 24.2 Å². The molecule has 1 saturated heterocycles. The Labute approximate surface area is 349 Å². The summed E-state index contributed by atoms with van der Waals surface area (Å²) >= 11 is 0. The molecule has 1 aliphatic heterocycles. The number of Topliss-reactive ketones (excluding diaryl/α,β-unsaturated/α-hetero) is 1. The van der Waals surface area contributed by atoms with Crippen LogP contribution in [0.4, 0.5) is 4.39 Å². The fourth-order valence-corrected chi connectivity index (χ4v) is 9.29. The van der Waals surface area contributed by atoms with Gasteiger partial charge in [0.15, 0.2) is 24.2 Å². The van der Waals surface area contributed by atoms with Crippen LogP contribution in [0.5, 0.6) is 5.75 Å². The minimum Gasteiger partial charge on any atom is -0.464 e. The number of hydrogen-bond donors (Lipinski definition) is 0. The third kappa shape index (κ3) is 13.5. The number of ketones is 1. The van der Waals surface area contributed by atoms with Crippen molar-refractivity contribution in [2.75, 3.05) is 46.8 Å². The Morgan fingerprint density at radius 1 is 0.879 bits per heavy atom. The number of carbonyl (C=O) groups excluding carboxylic acids is 1. The highest BCUT2D eigenvalue weighted by atomic mass is 28.3. The molecule has 1 aliphatic rings. The van der Waals surface area contributed by atoms with Crippen molar-refractivity contribution in [3.63, 3.8) is 0 Å². The van der Waals surface area contributed by atoms with Gasteiger partial charge in [0.1, 0.15) is 24.9 Å². The highest BCUT2D eigenvalue weighted by Gasteiger charge is 2.27. The van der Waals surface area contributed by atoms with Crippen LogP contribution in [0.15, 0.2) is 36.5 Å². The van der Waals surface area contributed by atoms with Crippen LogP contribution in [0.25, 0.3) is 33.5 Å². The molecule has 0 aliphatic carbocycles. The number of aromatic nitrogens is 4. The zero-order valence-electron chi connectivity index (χ0n) is 37.3. The summed E-state index contributed by atoms with van der Waals surface area (Å²) < 4.78 is 43.7. The Morgan fingerprint density at radius 3 is 2.16 bits per heavy atom. The van der Waals surface area contributed by atoms with E-state index < -0.39 is 30.0 Å². The van der Waals surface area contributed by atoms with Crippen LogP contribution < -0.4 is 4.74 Å². The van der Waals surface area contributed by atoms with Crippen molar-refractivity contribution >= 4 is 40.9 Å². The first-order valence-corrected chi connectivity index (χ1v) is 32.4. The number of imidazole rings is 1. The van der Waals surface area contributed by atoms with Crippen LogP contribution in [0, 0.1) is 11.7 Å². The number of aryl methyl sites for hydroxylation is 2. The molecule has 1 fully saturated rings. The number of hydrogen-bond acceptors (Lipinski definition) is 8. The van der Waals surface area contributed by atoms with E-state index in [9.17, 15) is 4.79 Å². The number of ether oxygens (including phenoxy) is 4. The molecule has 0 radical (unpaired) electrons. The number of carbonyl (C=O) groups is 1. The zero-order valence-corrected chi connectivity index (χ0v) is 40.3. The molecule has 0 spiro atoms. The van der Waals surface area contributed by atoms with E-state index in [2.05, 4.69) is 89.9 Å². The molecule has 4 aromatic rings. The maximum Gasteiger partial charge on any atom is 0.189 e. The number of likely N-dealkylation sites (tertiary alicyclic amines) is 1. The first-order valence-electron chi connectivity index (χ1n) is 21.3. The number of halogens is 1. The van der Waals surface area contributed by atoms with E-state index in [-0.39, 0.29) is 25.2 Å². The van der Waals surface area contributed by atoms with Crippen molar-refractivity contribution in [2.24, 2.45) is 5.92 Å². The van der Waals surface area contributed by atoms with E-state index in [1.165, 1.54) is 0 Å². The Hall–Kier alpha value is -2.99. The van der Waals surface area contributed by atoms with Gasteiger partial charge in [0.2, 0.25) is 0 Å². The quantitative estimate of drug-likeness (QED) is 0.0414. The van der Waals surface area contributed by atoms with Gasteiger partial charge < -0.3 is 28.4 Å². The van der Waals surface area contributed by atoms with Crippen molar-refractivity contribution in [2.45, 2.75) is 123 Å². The lowest BCUT2D eigenvalue weighted by atomic mass is 9.96. The third-order valence-corrected chi connectivity index (χ3v) is 16.0. The van der Waals surface area contributed by atoms with Crippen molar-refractivity contribution in [3.8, 4) is 28.4 Å². The van der Waals surface area contributed by atoms with Crippen LogP contribution in [0.2, 0.25) is 77.1 Å². The molecule has 5 rings (SSSR count). The van der Waals surface area contributed by atoms with E-state index >= 15 is 4.39 Å². The van der Waals surface area contributed by atoms with Gasteiger partial charge in [0, 0.05) is 74.5 Å². The number of nitrogens with zero attached hydrogens (tertiary/aromatic N) is 5. The smallest absolute Gasteiger partial charge is 0.189 e. The zero-order chi connectivity index (χ0) is 42.3. The summed E-state index contributed by atoms with van der Waals surface area (Å²) in [6.45, 7) is 27.4. The summed E-state index contributed by atoms with van der Waals surface area (Å²) in [5.41, 5.74) is 5.10. The summed E-state index contributed by atoms with van der Waals surface area (Å²) in [4.78, 5) is 20.6. The fraction of sp³-hybridized carbons (Fsp3) is 0.614. The molecule has 58 heavy (non-hydrogen) atoms. The maximum absolute atomic E-state index is 15.7. The molecule has 1 unspecified atom stereocenters. The van der Waals surface area contributed by atoms with Crippen LogP contribution in [-0.4, -0.2) is 101 Å². The van der Waals surface area contributed by atoms with E-state index in [0.717, 1.165) is 76.6 Å². The van der Waals surface area contributed by atoms with Gasteiger partial charge in [0.05, 0.1) is 11.2 Å². The van der Waals surface area contributed by atoms with Crippen molar-refractivity contribution in [3.05, 3.63) is 53.6 Å². The second kappa shape index (κ2) is 20.0. The number of rotatable bonds is 23. The highest BCUT2D eigenvalue weighted by molar-refractivity contribution is 6.76. The van der Waals surface area contributed by atoms with Gasteiger partial charge >= 0.3 is 0 Å². The largest absolute Gasteiger partial charge is 0.464 e. The highest BCUT2D eigenvalue weighted by Crippen LogP contribution is 2.36. The van der Waals surface area contributed by atoms with E-state index in [1.54, 1.807) is 12.1 Å². The topological polar surface area (TPSA) is 92.9 Å². The van der Waals surface area contributed by atoms with Crippen molar-refractivity contribution in [1.29, 1.82) is 0 Å². The van der Waals surface area contributed by atoms with E-state index in [0.29, 0.717) is 57.4 Å². The predicted octanol–water partition coefficient (Wildman–Crippen LogP) is 10.0. The molecule has 0 amide bonds. The lowest BCUT2D eigenvalue weighted by molar-refractivity contribution is -0.122. The fourth-order valence-electron chi connectivity index (χ4n) is 7.02. The van der Waals surface area contributed by atoms with Crippen LogP contribution >= 0.6 is 0 Å². The molecular weight excluding hydrogens is 782 g/mol. The van der Waals surface area contributed by atoms with Crippen LogP contribution in [0.1, 0.15) is 31.0 Å². The van der Waals surface area contributed by atoms with Crippen LogP contribution in [0.3, 0.4) is 0 Å². The Morgan fingerprint density at radius 2 is 1.53 bits per heavy atom. The SMILES string of the molecule is CCc1cc(OCOCC[Si](C)(C)C)c(F)cc1-c1ccc2c(-c3nc(CCC(=O)C4CCN(C)C4)cn3COCC[Si](C)(C)C)nn(COCC[Si](C)(C)C)c2c1.